The maximum atomic E-state index is 5.74. The molecule has 1 aromatic rings. The predicted octanol–water partition coefficient (Wildman–Crippen LogP) is 3.00. The van der Waals surface area contributed by atoms with Gasteiger partial charge < -0.3 is 10.5 Å². The van der Waals surface area contributed by atoms with Crippen LogP contribution < -0.4 is 10.5 Å². The molecule has 0 aliphatic carbocycles. The van der Waals surface area contributed by atoms with Gasteiger partial charge in [-0.2, -0.15) is 0 Å². The number of aryl methyl sites for hydroxylation is 1. The number of ether oxygens (including phenoxy) is 1. The van der Waals surface area contributed by atoms with Gasteiger partial charge in [-0.15, -0.1) is 0 Å². The summed E-state index contributed by atoms with van der Waals surface area (Å²) in [5.41, 5.74) is 7.55. The van der Waals surface area contributed by atoms with Crippen LogP contribution in [0.1, 0.15) is 26.3 Å². The first-order valence-corrected chi connectivity index (χ1v) is 4.73. The van der Waals surface area contributed by atoms with E-state index in [0.29, 0.717) is 6.61 Å². The number of anilines is 1. The van der Waals surface area contributed by atoms with Crippen molar-refractivity contribution >= 4 is 5.69 Å². The van der Waals surface area contributed by atoms with Gasteiger partial charge >= 0.3 is 0 Å². The van der Waals surface area contributed by atoms with Gasteiger partial charge in [0.25, 0.3) is 0 Å². The van der Waals surface area contributed by atoms with Crippen molar-refractivity contribution in [1.82, 2.24) is 0 Å². The van der Waals surface area contributed by atoms with E-state index in [1.807, 2.05) is 45.9 Å². The summed E-state index contributed by atoms with van der Waals surface area (Å²) in [4.78, 5) is 0. The number of nitrogens with two attached hydrogens (primary N) is 1. The van der Waals surface area contributed by atoms with E-state index in [1.54, 1.807) is 0 Å². The molecule has 0 aromatic heterocycles. The average Bonchev–Trinajstić information content (AvgIpc) is 2.17. The fourth-order valence-electron chi connectivity index (χ4n) is 0.935. The SMILES string of the molecule is CC.CCOc1cccc(C)c1N. The van der Waals surface area contributed by atoms with E-state index in [2.05, 4.69) is 0 Å². The number of rotatable bonds is 2. The van der Waals surface area contributed by atoms with Crippen molar-refractivity contribution < 1.29 is 4.74 Å². The summed E-state index contributed by atoms with van der Waals surface area (Å²) in [7, 11) is 0. The minimum absolute atomic E-state index is 0.660. The Hall–Kier alpha value is -1.18. The molecule has 13 heavy (non-hydrogen) atoms. The summed E-state index contributed by atoms with van der Waals surface area (Å²) in [6.45, 7) is 8.58. The van der Waals surface area contributed by atoms with Crippen LogP contribution in [-0.4, -0.2) is 6.61 Å². The van der Waals surface area contributed by atoms with Gasteiger partial charge in [-0.25, -0.2) is 0 Å². The molecule has 0 spiro atoms. The van der Waals surface area contributed by atoms with Crippen LogP contribution in [0.4, 0.5) is 5.69 Å². The average molecular weight is 181 g/mol. The second-order valence-corrected chi connectivity index (χ2v) is 2.42. The normalized spacial score (nSPS) is 8.62. The summed E-state index contributed by atoms with van der Waals surface area (Å²) in [6.07, 6.45) is 0. The standard InChI is InChI=1S/C9H13NO.C2H6/c1-3-11-8-6-4-5-7(2)9(8)10;1-2/h4-6H,3,10H2,1-2H3;1-2H3. The molecule has 0 radical (unpaired) electrons. The first kappa shape index (κ1) is 11.8. The van der Waals surface area contributed by atoms with Crippen LogP contribution in [0.5, 0.6) is 5.75 Å². The molecule has 2 N–H and O–H groups in total. The highest BCUT2D eigenvalue weighted by Gasteiger charge is 1.99. The van der Waals surface area contributed by atoms with E-state index in [1.165, 1.54) is 0 Å². The van der Waals surface area contributed by atoms with Crippen LogP contribution in [-0.2, 0) is 0 Å². The number of hydrogen-bond donors (Lipinski definition) is 1. The zero-order valence-electron chi connectivity index (χ0n) is 8.92. The maximum absolute atomic E-state index is 5.74. The Bertz CT molecular complexity index is 246. The highest BCUT2D eigenvalue weighted by molar-refractivity contribution is 5.57. The molecule has 74 valence electrons. The van der Waals surface area contributed by atoms with Crippen LogP contribution in [0.2, 0.25) is 0 Å². The molecule has 0 aliphatic heterocycles. The minimum atomic E-state index is 0.660. The van der Waals surface area contributed by atoms with Crippen molar-refractivity contribution in [3.8, 4) is 5.75 Å². The topological polar surface area (TPSA) is 35.2 Å². The summed E-state index contributed by atoms with van der Waals surface area (Å²) < 4.78 is 5.29. The highest BCUT2D eigenvalue weighted by Crippen LogP contribution is 2.23. The first-order chi connectivity index (χ1) is 6.25. The Labute approximate surface area is 80.7 Å². The molecule has 0 fully saturated rings. The molecule has 0 heterocycles. The van der Waals surface area contributed by atoms with E-state index >= 15 is 0 Å². The summed E-state index contributed by atoms with van der Waals surface area (Å²) in [5, 5.41) is 0. The van der Waals surface area contributed by atoms with Crippen LogP contribution in [0.3, 0.4) is 0 Å². The maximum Gasteiger partial charge on any atom is 0.142 e. The number of benzene rings is 1. The third-order valence-electron chi connectivity index (χ3n) is 1.58. The van der Waals surface area contributed by atoms with Crippen molar-refractivity contribution in [3.05, 3.63) is 23.8 Å². The van der Waals surface area contributed by atoms with E-state index in [4.69, 9.17) is 10.5 Å². The molecule has 0 saturated heterocycles. The predicted molar refractivity (Wildman–Crippen MR) is 58.1 cm³/mol. The molecule has 2 nitrogen and oxygen atoms in total. The molecular weight excluding hydrogens is 162 g/mol. The van der Waals surface area contributed by atoms with Crippen LogP contribution >= 0.6 is 0 Å². The third kappa shape index (κ3) is 3.36. The molecule has 0 amide bonds. The van der Waals surface area contributed by atoms with Crippen molar-refractivity contribution in [3.63, 3.8) is 0 Å². The van der Waals surface area contributed by atoms with Gasteiger partial charge in [-0.3, -0.25) is 0 Å². The Morgan fingerprint density at radius 3 is 2.46 bits per heavy atom. The summed E-state index contributed by atoms with van der Waals surface area (Å²) >= 11 is 0. The van der Waals surface area contributed by atoms with Gasteiger partial charge in [0.15, 0.2) is 0 Å². The molecule has 0 saturated carbocycles. The van der Waals surface area contributed by atoms with Gasteiger partial charge in [0, 0.05) is 0 Å². The lowest BCUT2D eigenvalue weighted by Crippen LogP contribution is -1.97. The van der Waals surface area contributed by atoms with Crippen molar-refractivity contribution in [2.45, 2.75) is 27.7 Å². The quantitative estimate of drug-likeness (QED) is 0.712. The van der Waals surface area contributed by atoms with E-state index < -0.39 is 0 Å². The smallest absolute Gasteiger partial charge is 0.142 e. The summed E-state index contributed by atoms with van der Waals surface area (Å²) in [5.74, 6) is 0.785. The molecule has 0 atom stereocenters. The number of nitrogen functional groups attached to an aromatic ring is 1. The lowest BCUT2D eigenvalue weighted by atomic mass is 10.2. The van der Waals surface area contributed by atoms with Gasteiger partial charge in [-0.05, 0) is 25.5 Å². The third-order valence-corrected chi connectivity index (χ3v) is 1.58. The fraction of sp³-hybridized carbons (Fsp3) is 0.455. The molecule has 1 rings (SSSR count). The zero-order chi connectivity index (χ0) is 10.3. The number of para-hydroxylation sites is 1. The van der Waals surface area contributed by atoms with Gasteiger partial charge in [-0.1, -0.05) is 26.0 Å². The molecule has 0 unspecified atom stereocenters. The molecule has 0 aliphatic rings. The highest BCUT2D eigenvalue weighted by atomic mass is 16.5. The van der Waals surface area contributed by atoms with E-state index in [-0.39, 0.29) is 0 Å². The molecular formula is C11H19NO. The second-order valence-electron chi connectivity index (χ2n) is 2.42. The Kier molecular flexibility index (Phi) is 5.77. The monoisotopic (exact) mass is 181 g/mol. The lowest BCUT2D eigenvalue weighted by molar-refractivity contribution is 0.342. The molecule has 1 aromatic carbocycles. The van der Waals surface area contributed by atoms with Crippen LogP contribution in [0, 0.1) is 6.92 Å². The van der Waals surface area contributed by atoms with Crippen LogP contribution in [0.15, 0.2) is 18.2 Å². The van der Waals surface area contributed by atoms with Gasteiger partial charge in [0.05, 0.1) is 12.3 Å². The Morgan fingerprint density at radius 2 is 1.92 bits per heavy atom. The minimum Gasteiger partial charge on any atom is -0.492 e. The Balaban J connectivity index is 0.000000671. The van der Waals surface area contributed by atoms with Crippen molar-refractivity contribution in [2.75, 3.05) is 12.3 Å². The Morgan fingerprint density at radius 1 is 1.31 bits per heavy atom. The van der Waals surface area contributed by atoms with E-state index in [0.717, 1.165) is 17.0 Å². The van der Waals surface area contributed by atoms with Crippen molar-refractivity contribution in [2.24, 2.45) is 0 Å². The number of hydrogen-bond acceptors (Lipinski definition) is 2. The summed E-state index contributed by atoms with van der Waals surface area (Å²) in [6, 6.07) is 5.79. The molecule has 0 bridgehead atoms. The lowest BCUT2D eigenvalue weighted by Gasteiger charge is -2.07. The van der Waals surface area contributed by atoms with Gasteiger partial charge in [0.1, 0.15) is 5.75 Å². The molecule has 2 heteroatoms. The van der Waals surface area contributed by atoms with E-state index in [9.17, 15) is 0 Å². The van der Waals surface area contributed by atoms with Crippen LogP contribution in [0.25, 0.3) is 0 Å². The van der Waals surface area contributed by atoms with Crippen molar-refractivity contribution in [1.29, 1.82) is 0 Å². The largest absolute Gasteiger partial charge is 0.492 e. The van der Waals surface area contributed by atoms with Gasteiger partial charge in [0.2, 0.25) is 0 Å². The fourth-order valence-corrected chi connectivity index (χ4v) is 0.935. The first-order valence-electron chi connectivity index (χ1n) is 4.73. The zero-order valence-corrected chi connectivity index (χ0v) is 8.92. The second kappa shape index (κ2) is 6.35.